The van der Waals surface area contributed by atoms with E-state index in [1.165, 1.54) is 6.07 Å². The minimum atomic E-state index is -0.729. The molecule has 6 heteroatoms. The van der Waals surface area contributed by atoms with Crippen LogP contribution in [0, 0.1) is 5.82 Å². The van der Waals surface area contributed by atoms with Crippen LogP contribution in [0.5, 0.6) is 0 Å². The number of aliphatic imine (C=N–C) groups is 1. The third-order valence-electron chi connectivity index (χ3n) is 4.26. The molecule has 3 rings (SSSR count). The van der Waals surface area contributed by atoms with Crippen LogP contribution < -0.4 is 5.73 Å². The maximum absolute atomic E-state index is 14.3. The highest BCUT2D eigenvalue weighted by Crippen LogP contribution is 2.44. The highest BCUT2D eigenvalue weighted by Gasteiger charge is 2.47. The van der Waals surface area contributed by atoms with Gasteiger partial charge < -0.3 is 15.2 Å². The van der Waals surface area contributed by atoms with Crippen molar-refractivity contribution in [1.29, 1.82) is 0 Å². The third-order valence-corrected chi connectivity index (χ3v) is 4.75. The molecule has 2 aliphatic rings. The van der Waals surface area contributed by atoms with Gasteiger partial charge in [0.25, 0.3) is 6.02 Å². The molecule has 1 spiro atoms. The molecule has 0 aliphatic carbocycles. The average molecular weight is 357 g/mol. The van der Waals surface area contributed by atoms with E-state index in [-0.39, 0.29) is 11.8 Å². The van der Waals surface area contributed by atoms with Gasteiger partial charge in [-0.1, -0.05) is 15.9 Å². The number of rotatable bonds is 1. The fourth-order valence-corrected chi connectivity index (χ4v) is 3.64. The number of nitrogens with zero attached hydrogens (tertiary/aromatic N) is 1. The summed E-state index contributed by atoms with van der Waals surface area (Å²) in [5.41, 5.74) is 5.29. The smallest absolute Gasteiger partial charge is 0.283 e. The lowest BCUT2D eigenvalue weighted by molar-refractivity contribution is -0.0796. The number of halogens is 2. The van der Waals surface area contributed by atoms with Crippen molar-refractivity contribution in [3.63, 3.8) is 0 Å². The Bertz CT molecular complexity index is 587. The van der Waals surface area contributed by atoms with Crippen LogP contribution in [0.4, 0.5) is 4.39 Å². The number of ether oxygens (including phenoxy) is 2. The molecule has 1 aromatic carbocycles. The second-order valence-electron chi connectivity index (χ2n) is 5.92. The topological polar surface area (TPSA) is 56.8 Å². The zero-order chi connectivity index (χ0) is 15.1. The van der Waals surface area contributed by atoms with E-state index >= 15 is 0 Å². The predicted molar refractivity (Wildman–Crippen MR) is 81.6 cm³/mol. The Morgan fingerprint density at radius 1 is 1.33 bits per heavy atom. The van der Waals surface area contributed by atoms with Crippen LogP contribution in [-0.4, -0.2) is 24.8 Å². The zero-order valence-electron chi connectivity index (χ0n) is 11.9. The summed E-state index contributed by atoms with van der Waals surface area (Å²) in [6.45, 7) is 3.17. The second kappa shape index (κ2) is 5.25. The molecule has 2 N–H and O–H groups in total. The molecule has 0 saturated carbocycles. The van der Waals surface area contributed by atoms with Crippen molar-refractivity contribution in [1.82, 2.24) is 0 Å². The van der Waals surface area contributed by atoms with E-state index in [0.717, 1.165) is 17.3 Å². The quantitative estimate of drug-likeness (QED) is 0.840. The van der Waals surface area contributed by atoms with Crippen LogP contribution in [0.15, 0.2) is 27.7 Å². The minimum absolute atomic E-state index is 0.130. The SMILES string of the molecule is C[C@@]1(c2cc(Br)ccc2F)CC2(CCOCC2)OC(N)=N1. The summed E-state index contributed by atoms with van der Waals surface area (Å²) in [5, 5.41) is 0. The van der Waals surface area contributed by atoms with E-state index in [2.05, 4.69) is 20.9 Å². The normalized spacial score (nSPS) is 28.0. The van der Waals surface area contributed by atoms with E-state index in [1.54, 1.807) is 12.1 Å². The van der Waals surface area contributed by atoms with Crippen molar-refractivity contribution in [2.24, 2.45) is 10.7 Å². The first-order chi connectivity index (χ1) is 9.92. The van der Waals surface area contributed by atoms with E-state index in [1.807, 2.05) is 6.92 Å². The van der Waals surface area contributed by atoms with Crippen LogP contribution in [0.1, 0.15) is 31.7 Å². The van der Waals surface area contributed by atoms with Gasteiger partial charge in [-0.25, -0.2) is 9.38 Å². The molecule has 21 heavy (non-hydrogen) atoms. The molecule has 0 amide bonds. The lowest BCUT2D eigenvalue weighted by atomic mass is 9.76. The van der Waals surface area contributed by atoms with E-state index in [4.69, 9.17) is 15.2 Å². The molecule has 0 aromatic heterocycles. The minimum Gasteiger partial charge on any atom is -0.459 e. The summed E-state index contributed by atoms with van der Waals surface area (Å²) in [7, 11) is 0. The van der Waals surface area contributed by atoms with Crippen LogP contribution in [-0.2, 0) is 15.0 Å². The van der Waals surface area contributed by atoms with Crippen LogP contribution >= 0.6 is 15.9 Å². The largest absolute Gasteiger partial charge is 0.459 e. The predicted octanol–water partition coefficient (Wildman–Crippen LogP) is 3.09. The highest BCUT2D eigenvalue weighted by molar-refractivity contribution is 9.10. The average Bonchev–Trinajstić information content (AvgIpc) is 2.41. The van der Waals surface area contributed by atoms with Crippen molar-refractivity contribution in [3.05, 3.63) is 34.1 Å². The molecule has 4 nitrogen and oxygen atoms in total. The highest BCUT2D eigenvalue weighted by atomic mass is 79.9. The van der Waals surface area contributed by atoms with Crippen molar-refractivity contribution < 1.29 is 13.9 Å². The van der Waals surface area contributed by atoms with Gasteiger partial charge >= 0.3 is 0 Å². The molecule has 2 aliphatic heterocycles. The monoisotopic (exact) mass is 356 g/mol. The second-order valence-corrected chi connectivity index (χ2v) is 6.84. The maximum Gasteiger partial charge on any atom is 0.283 e. The Hall–Kier alpha value is -1.14. The Kier molecular flexibility index (Phi) is 3.69. The van der Waals surface area contributed by atoms with Gasteiger partial charge in [0.15, 0.2) is 0 Å². The van der Waals surface area contributed by atoms with E-state index in [9.17, 15) is 4.39 Å². The molecular formula is C15H18BrFN2O2. The Morgan fingerprint density at radius 2 is 2.05 bits per heavy atom. The Balaban J connectivity index is 2.03. The van der Waals surface area contributed by atoms with Gasteiger partial charge in [-0.15, -0.1) is 0 Å². The van der Waals surface area contributed by atoms with Gasteiger partial charge in [0.2, 0.25) is 0 Å². The fraction of sp³-hybridized carbons (Fsp3) is 0.533. The van der Waals surface area contributed by atoms with Crippen LogP contribution in [0.25, 0.3) is 0 Å². The first-order valence-corrected chi connectivity index (χ1v) is 7.79. The summed E-state index contributed by atoms with van der Waals surface area (Å²) in [6.07, 6.45) is 2.08. The summed E-state index contributed by atoms with van der Waals surface area (Å²) in [6, 6.07) is 5.02. The summed E-state index contributed by atoms with van der Waals surface area (Å²) >= 11 is 3.39. The van der Waals surface area contributed by atoms with Gasteiger partial charge in [0.1, 0.15) is 11.4 Å². The van der Waals surface area contributed by atoms with Crippen molar-refractivity contribution in [3.8, 4) is 0 Å². The molecular weight excluding hydrogens is 339 g/mol. The van der Waals surface area contributed by atoms with Crippen molar-refractivity contribution >= 4 is 22.0 Å². The van der Waals surface area contributed by atoms with Crippen molar-refractivity contribution in [2.45, 2.75) is 37.3 Å². The van der Waals surface area contributed by atoms with Crippen LogP contribution in [0.2, 0.25) is 0 Å². The Labute approximate surface area is 131 Å². The van der Waals surface area contributed by atoms with Gasteiger partial charge in [0.05, 0.1) is 18.8 Å². The third kappa shape index (κ3) is 2.79. The lowest BCUT2D eigenvalue weighted by Gasteiger charge is -2.45. The number of hydrogen-bond acceptors (Lipinski definition) is 4. The fourth-order valence-electron chi connectivity index (χ4n) is 3.28. The first kappa shape index (κ1) is 14.8. The Morgan fingerprint density at radius 3 is 2.76 bits per heavy atom. The molecule has 1 saturated heterocycles. The molecule has 0 radical (unpaired) electrons. The van der Waals surface area contributed by atoms with Crippen molar-refractivity contribution in [2.75, 3.05) is 13.2 Å². The first-order valence-electron chi connectivity index (χ1n) is 7.00. The lowest BCUT2D eigenvalue weighted by Crippen LogP contribution is -2.51. The number of hydrogen-bond donors (Lipinski definition) is 1. The van der Waals surface area contributed by atoms with Crippen LogP contribution in [0.3, 0.4) is 0 Å². The molecule has 1 atom stereocenters. The summed E-state index contributed by atoms with van der Waals surface area (Å²) in [4.78, 5) is 4.41. The van der Waals surface area contributed by atoms with Gasteiger partial charge in [-0.05, 0) is 25.1 Å². The summed E-state index contributed by atoms with van der Waals surface area (Å²) in [5.74, 6) is -0.277. The summed E-state index contributed by atoms with van der Waals surface area (Å²) < 4.78 is 26.3. The molecule has 0 bridgehead atoms. The standard InChI is InChI=1S/C15H18BrFN2O2/c1-14(11-8-10(16)2-3-12(11)17)9-15(21-13(18)19-14)4-6-20-7-5-15/h2-3,8H,4-7,9H2,1H3,(H2,18,19)/t14-/m0/s1. The van der Waals surface area contributed by atoms with E-state index in [0.29, 0.717) is 25.2 Å². The molecule has 1 aromatic rings. The zero-order valence-corrected chi connectivity index (χ0v) is 13.5. The van der Waals surface area contributed by atoms with E-state index < -0.39 is 11.1 Å². The molecule has 1 fully saturated rings. The maximum atomic E-state index is 14.3. The number of benzene rings is 1. The number of amidine groups is 1. The molecule has 0 unspecified atom stereocenters. The molecule has 2 heterocycles. The van der Waals surface area contributed by atoms with Gasteiger partial charge in [0, 0.05) is 29.3 Å². The number of nitrogens with two attached hydrogens (primary N) is 1. The molecule has 114 valence electrons. The van der Waals surface area contributed by atoms with Gasteiger partial charge in [-0.3, -0.25) is 0 Å². The van der Waals surface area contributed by atoms with Gasteiger partial charge in [-0.2, -0.15) is 0 Å².